The van der Waals surface area contributed by atoms with E-state index in [0.717, 1.165) is 23.9 Å². The lowest BCUT2D eigenvalue weighted by Crippen LogP contribution is -2.50. The van der Waals surface area contributed by atoms with Crippen LogP contribution in [0.1, 0.15) is 44.9 Å². The summed E-state index contributed by atoms with van der Waals surface area (Å²) in [6, 6.07) is 5.28. The number of aryl methyl sites for hydroxylation is 1. The van der Waals surface area contributed by atoms with Gasteiger partial charge in [-0.25, -0.2) is 9.18 Å². The Morgan fingerprint density at radius 3 is 2.79 bits per heavy atom. The number of aromatic nitrogens is 1. The van der Waals surface area contributed by atoms with Crippen LogP contribution in [-0.2, 0) is 4.74 Å². The molecule has 2 aliphatic heterocycles. The van der Waals surface area contributed by atoms with Gasteiger partial charge in [0.05, 0.1) is 22.8 Å². The number of hydrogen-bond acceptors (Lipinski definition) is 4. The molecule has 0 saturated carbocycles. The van der Waals surface area contributed by atoms with Crippen LogP contribution in [0.4, 0.5) is 14.9 Å². The summed E-state index contributed by atoms with van der Waals surface area (Å²) in [6.07, 6.45) is 1.63. The third-order valence-electron chi connectivity index (χ3n) is 5.82. The maximum atomic E-state index is 15.1. The molecule has 4 rings (SSSR count). The number of fused-ring (bicyclic) bond motifs is 2. The second-order valence-corrected chi connectivity index (χ2v) is 9.16. The first kappa shape index (κ1) is 19.6. The number of nitriles is 1. The summed E-state index contributed by atoms with van der Waals surface area (Å²) in [5.41, 5.74) is 1.83. The van der Waals surface area contributed by atoms with E-state index in [-0.39, 0.29) is 18.1 Å². The molecule has 2 aromatic rings. The summed E-state index contributed by atoms with van der Waals surface area (Å²) in [4.78, 5) is 19.8. The van der Waals surface area contributed by atoms with Gasteiger partial charge in [-0.15, -0.1) is 0 Å². The third-order valence-corrected chi connectivity index (χ3v) is 5.82. The number of carbonyl (C=O) groups excluding carboxylic acids is 1. The molecule has 2 fully saturated rings. The molecule has 1 aromatic carbocycles. The number of hydrogen-bond donors (Lipinski definition) is 1. The Labute approximate surface area is 170 Å². The van der Waals surface area contributed by atoms with Crippen molar-refractivity contribution >= 4 is 22.7 Å². The molecule has 6 nitrogen and oxygen atoms in total. The fraction of sp³-hybridized carbons (Fsp3) is 0.545. The summed E-state index contributed by atoms with van der Waals surface area (Å²) in [7, 11) is 0. The van der Waals surface area contributed by atoms with Gasteiger partial charge in [0.1, 0.15) is 17.5 Å². The van der Waals surface area contributed by atoms with Gasteiger partial charge in [-0.05, 0) is 58.6 Å². The van der Waals surface area contributed by atoms with Gasteiger partial charge in [0.25, 0.3) is 0 Å². The van der Waals surface area contributed by atoms with E-state index in [1.807, 2.05) is 43.6 Å². The van der Waals surface area contributed by atoms with Crippen molar-refractivity contribution in [2.24, 2.45) is 5.92 Å². The number of nitrogens with zero attached hydrogens (tertiary/aromatic N) is 3. The van der Waals surface area contributed by atoms with Gasteiger partial charge >= 0.3 is 6.09 Å². The SMILES string of the molecule is Cc1cc2c(N3CC4CCCN(C(=O)OC(C)(C)C)C4C3)c(F)cc(C#N)c2[nH]1. The van der Waals surface area contributed by atoms with Crippen molar-refractivity contribution < 1.29 is 13.9 Å². The van der Waals surface area contributed by atoms with E-state index < -0.39 is 11.4 Å². The predicted octanol–water partition coefficient (Wildman–Crippen LogP) is 4.32. The Hall–Kier alpha value is -2.75. The van der Waals surface area contributed by atoms with Gasteiger partial charge < -0.3 is 19.5 Å². The molecule has 2 aliphatic rings. The van der Waals surface area contributed by atoms with Crippen molar-refractivity contribution in [3.05, 3.63) is 29.2 Å². The lowest BCUT2D eigenvalue weighted by molar-refractivity contribution is 0.00670. The Morgan fingerprint density at radius 2 is 2.10 bits per heavy atom. The van der Waals surface area contributed by atoms with E-state index in [4.69, 9.17) is 4.74 Å². The highest BCUT2D eigenvalue weighted by molar-refractivity contribution is 5.97. The monoisotopic (exact) mass is 398 g/mol. The van der Waals surface area contributed by atoms with Crippen molar-refractivity contribution in [2.45, 2.75) is 52.2 Å². The Bertz CT molecular complexity index is 1000. The first-order valence-electron chi connectivity index (χ1n) is 10.1. The fourth-order valence-electron chi connectivity index (χ4n) is 4.70. The van der Waals surface area contributed by atoms with Crippen molar-refractivity contribution in [1.29, 1.82) is 5.26 Å². The normalized spacial score (nSPS) is 21.9. The third kappa shape index (κ3) is 3.52. The maximum absolute atomic E-state index is 15.1. The standard InChI is InChI=1S/C22H27FN4O2/c1-13-8-16-19(25-13)15(10-24)9-17(23)20(16)26-11-14-6-5-7-27(18(14)12-26)21(28)29-22(2,3)4/h8-9,14,18,25H,5-7,11-12H2,1-4H3. The molecule has 2 atom stereocenters. The number of likely N-dealkylation sites (tertiary alicyclic amines) is 1. The molecule has 1 aromatic heterocycles. The summed E-state index contributed by atoms with van der Waals surface area (Å²) < 4.78 is 20.7. The van der Waals surface area contributed by atoms with Crippen LogP contribution in [0.2, 0.25) is 0 Å². The predicted molar refractivity (Wildman–Crippen MR) is 109 cm³/mol. The van der Waals surface area contributed by atoms with Crippen LogP contribution in [0.25, 0.3) is 10.9 Å². The molecule has 0 bridgehead atoms. The highest BCUT2D eigenvalue weighted by Crippen LogP contribution is 2.39. The van der Waals surface area contributed by atoms with Gasteiger partial charge in [-0.2, -0.15) is 5.26 Å². The molecule has 2 saturated heterocycles. The molecular weight excluding hydrogens is 371 g/mol. The number of aromatic amines is 1. The lowest BCUT2D eigenvalue weighted by Gasteiger charge is -2.37. The first-order valence-corrected chi connectivity index (χ1v) is 10.1. The van der Waals surface area contributed by atoms with E-state index in [1.165, 1.54) is 6.07 Å². The minimum atomic E-state index is -0.545. The number of piperidine rings is 1. The van der Waals surface area contributed by atoms with Crippen LogP contribution in [0, 0.1) is 30.0 Å². The number of anilines is 1. The molecule has 0 radical (unpaired) electrons. The van der Waals surface area contributed by atoms with Crippen LogP contribution >= 0.6 is 0 Å². The molecule has 154 valence electrons. The fourth-order valence-corrected chi connectivity index (χ4v) is 4.70. The number of rotatable bonds is 1. The Balaban J connectivity index is 1.67. The number of nitrogens with one attached hydrogen (secondary N) is 1. The van der Waals surface area contributed by atoms with Crippen LogP contribution in [0.15, 0.2) is 12.1 Å². The van der Waals surface area contributed by atoms with Crippen molar-refractivity contribution in [1.82, 2.24) is 9.88 Å². The Kier molecular flexibility index (Phi) is 4.68. The summed E-state index contributed by atoms with van der Waals surface area (Å²) >= 11 is 0. The topological polar surface area (TPSA) is 72.4 Å². The zero-order chi connectivity index (χ0) is 20.9. The van der Waals surface area contributed by atoms with E-state index in [1.54, 1.807) is 0 Å². The molecule has 7 heteroatoms. The number of halogens is 1. The number of H-pyrrole nitrogens is 1. The summed E-state index contributed by atoms with van der Waals surface area (Å²) in [5.74, 6) is -0.114. The van der Waals surface area contributed by atoms with Gasteiger partial charge in [-0.3, -0.25) is 0 Å². The number of benzene rings is 1. The van der Waals surface area contributed by atoms with Gasteiger partial charge in [0, 0.05) is 30.7 Å². The zero-order valence-corrected chi connectivity index (χ0v) is 17.4. The zero-order valence-electron chi connectivity index (χ0n) is 17.4. The largest absolute Gasteiger partial charge is 0.444 e. The summed E-state index contributed by atoms with van der Waals surface area (Å²) in [5, 5.41) is 10.1. The van der Waals surface area contributed by atoms with Gasteiger partial charge in [0.15, 0.2) is 0 Å². The minimum Gasteiger partial charge on any atom is -0.444 e. The second-order valence-electron chi connectivity index (χ2n) is 9.16. The highest BCUT2D eigenvalue weighted by Gasteiger charge is 2.43. The molecule has 1 N–H and O–H groups in total. The maximum Gasteiger partial charge on any atom is 0.410 e. The molecule has 1 amide bonds. The Morgan fingerprint density at radius 1 is 1.34 bits per heavy atom. The van der Waals surface area contributed by atoms with Crippen LogP contribution in [0.5, 0.6) is 0 Å². The average molecular weight is 398 g/mol. The number of amides is 1. The second kappa shape index (κ2) is 6.94. The van der Waals surface area contributed by atoms with E-state index >= 15 is 4.39 Å². The van der Waals surface area contributed by atoms with Gasteiger partial charge in [-0.1, -0.05) is 0 Å². The summed E-state index contributed by atoms with van der Waals surface area (Å²) in [6.45, 7) is 9.41. The molecule has 29 heavy (non-hydrogen) atoms. The van der Waals surface area contributed by atoms with E-state index in [9.17, 15) is 10.1 Å². The minimum absolute atomic E-state index is 0.00346. The lowest BCUT2D eigenvalue weighted by atomic mass is 9.92. The van der Waals surface area contributed by atoms with Crippen molar-refractivity contribution in [3.8, 4) is 6.07 Å². The first-order chi connectivity index (χ1) is 13.7. The molecule has 0 spiro atoms. The average Bonchev–Trinajstić information content (AvgIpc) is 3.21. The molecule has 3 heterocycles. The quantitative estimate of drug-likeness (QED) is 0.776. The smallest absolute Gasteiger partial charge is 0.410 e. The van der Waals surface area contributed by atoms with Crippen LogP contribution < -0.4 is 4.90 Å². The number of carbonyl (C=O) groups is 1. The van der Waals surface area contributed by atoms with Crippen molar-refractivity contribution in [2.75, 3.05) is 24.5 Å². The van der Waals surface area contributed by atoms with E-state index in [0.29, 0.717) is 36.4 Å². The van der Waals surface area contributed by atoms with Gasteiger partial charge in [0.2, 0.25) is 0 Å². The van der Waals surface area contributed by atoms with E-state index in [2.05, 4.69) is 11.1 Å². The van der Waals surface area contributed by atoms with Crippen molar-refractivity contribution in [3.63, 3.8) is 0 Å². The van der Waals surface area contributed by atoms with Crippen LogP contribution in [0.3, 0.4) is 0 Å². The van der Waals surface area contributed by atoms with Crippen LogP contribution in [-0.4, -0.2) is 47.3 Å². The highest BCUT2D eigenvalue weighted by atomic mass is 19.1. The molecule has 0 aliphatic carbocycles. The molecular formula is C22H27FN4O2. The molecule has 2 unspecified atom stereocenters. The number of ether oxygens (including phenoxy) is 1.